The normalized spacial score (nSPS) is 23.2. The molecule has 0 bridgehead atoms. The van der Waals surface area contributed by atoms with Crippen molar-refractivity contribution < 1.29 is 14.6 Å². The maximum Gasteiger partial charge on any atom is 0.228 e. The Hall–Kier alpha value is -0.650. The summed E-state index contributed by atoms with van der Waals surface area (Å²) in [7, 11) is 0. The van der Waals surface area contributed by atoms with Crippen LogP contribution in [0, 0.1) is 5.41 Å². The predicted octanol–water partition coefficient (Wildman–Crippen LogP) is 1.16. The molecule has 0 aromatic rings. The summed E-state index contributed by atoms with van der Waals surface area (Å²) in [4.78, 5) is 15.1. The molecule has 0 saturated carbocycles. The van der Waals surface area contributed by atoms with Crippen LogP contribution >= 0.6 is 0 Å². The van der Waals surface area contributed by atoms with Gasteiger partial charge in [-0.25, -0.2) is 0 Å². The maximum absolute atomic E-state index is 13.0. The van der Waals surface area contributed by atoms with Crippen LogP contribution in [0.5, 0.6) is 0 Å². The smallest absolute Gasteiger partial charge is 0.228 e. The molecule has 2 rings (SSSR count). The van der Waals surface area contributed by atoms with E-state index in [-0.39, 0.29) is 18.1 Å². The fourth-order valence-corrected chi connectivity index (χ4v) is 3.74. The van der Waals surface area contributed by atoms with Gasteiger partial charge in [0.25, 0.3) is 0 Å². The van der Waals surface area contributed by atoms with E-state index in [0.717, 1.165) is 64.7 Å². The van der Waals surface area contributed by atoms with Gasteiger partial charge in [0.1, 0.15) is 0 Å². The summed E-state index contributed by atoms with van der Waals surface area (Å²) in [5, 5.41) is 12.2. The van der Waals surface area contributed by atoms with Crippen molar-refractivity contribution in [3.8, 4) is 0 Å². The number of amides is 1. The molecule has 0 atom stereocenters. The van der Waals surface area contributed by atoms with Gasteiger partial charge in [0.2, 0.25) is 5.91 Å². The zero-order valence-electron chi connectivity index (χ0n) is 13.3. The molecule has 1 amide bonds. The molecule has 0 spiro atoms. The highest BCUT2D eigenvalue weighted by atomic mass is 16.5. The van der Waals surface area contributed by atoms with Crippen LogP contribution in [0.1, 0.15) is 45.4 Å². The molecule has 122 valence electrons. The lowest BCUT2D eigenvalue weighted by molar-refractivity contribution is -0.147. The Balaban J connectivity index is 1.90. The molecular weight excluding hydrogens is 268 g/mol. The second kappa shape index (κ2) is 8.11. The van der Waals surface area contributed by atoms with Crippen LogP contribution in [0.15, 0.2) is 0 Å². The van der Waals surface area contributed by atoms with E-state index in [1.54, 1.807) is 0 Å². The number of aliphatic hydroxyl groups excluding tert-OH is 1. The molecule has 2 N–H and O–H groups in total. The summed E-state index contributed by atoms with van der Waals surface area (Å²) in [6.07, 6.45) is 6.02. The summed E-state index contributed by atoms with van der Waals surface area (Å²) in [5.74, 6) is 0.367. The molecule has 0 aromatic carbocycles. The quantitative estimate of drug-likeness (QED) is 0.772. The summed E-state index contributed by atoms with van der Waals surface area (Å²) in [6, 6.07) is 0. The molecule has 2 aliphatic rings. The van der Waals surface area contributed by atoms with E-state index in [1.807, 2.05) is 0 Å². The number of hydrogen-bond donors (Lipinski definition) is 2. The highest BCUT2D eigenvalue weighted by Crippen LogP contribution is 2.37. The van der Waals surface area contributed by atoms with E-state index in [1.165, 1.54) is 0 Å². The number of carbonyl (C=O) groups excluding carboxylic acids is 1. The molecule has 2 fully saturated rings. The van der Waals surface area contributed by atoms with Crippen LogP contribution in [-0.2, 0) is 9.53 Å². The monoisotopic (exact) mass is 298 g/mol. The van der Waals surface area contributed by atoms with Gasteiger partial charge in [-0.15, -0.1) is 0 Å². The van der Waals surface area contributed by atoms with Crippen LogP contribution in [0.2, 0.25) is 0 Å². The first-order valence-corrected chi connectivity index (χ1v) is 8.44. The molecule has 0 radical (unpaired) electrons. The van der Waals surface area contributed by atoms with Gasteiger partial charge >= 0.3 is 0 Å². The zero-order chi connectivity index (χ0) is 15.1. The minimum atomic E-state index is -0.126. The largest absolute Gasteiger partial charge is 0.394 e. The third-order valence-corrected chi connectivity index (χ3v) is 4.92. The van der Waals surface area contributed by atoms with E-state index < -0.39 is 0 Å². The number of carbonyl (C=O) groups is 1. The van der Waals surface area contributed by atoms with Crippen molar-refractivity contribution in [3.05, 3.63) is 0 Å². The van der Waals surface area contributed by atoms with Gasteiger partial charge in [-0.05, 0) is 45.2 Å². The van der Waals surface area contributed by atoms with Gasteiger partial charge in [0.05, 0.1) is 24.7 Å². The predicted molar refractivity (Wildman–Crippen MR) is 82.1 cm³/mol. The zero-order valence-corrected chi connectivity index (χ0v) is 13.3. The number of aliphatic hydroxyl groups is 1. The Bertz CT molecular complexity index is 316. The Kier molecular flexibility index (Phi) is 6.45. The van der Waals surface area contributed by atoms with Gasteiger partial charge < -0.3 is 20.1 Å². The minimum absolute atomic E-state index is 0.0752. The number of rotatable bonds is 6. The average Bonchev–Trinajstić information content (AvgIpc) is 2.54. The number of nitrogens with one attached hydrogen (secondary N) is 1. The van der Waals surface area contributed by atoms with Crippen molar-refractivity contribution in [2.75, 3.05) is 39.4 Å². The fourth-order valence-electron chi connectivity index (χ4n) is 3.74. The van der Waals surface area contributed by atoms with Gasteiger partial charge in [-0.3, -0.25) is 4.79 Å². The second-order valence-corrected chi connectivity index (χ2v) is 6.37. The van der Waals surface area contributed by atoms with Crippen molar-refractivity contribution in [2.45, 2.75) is 51.6 Å². The molecule has 2 heterocycles. The third kappa shape index (κ3) is 4.18. The first kappa shape index (κ1) is 16.7. The Morgan fingerprint density at radius 2 is 2.00 bits per heavy atom. The Morgan fingerprint density at radius 1 is 1.33 bits per heavy atom. The SMILES string of the molecule is CCCC1(C(=O)N2CCC(OCCO)CC2)CCNCC1. The van der Waals surface area contributed by atoms with Crippen LogP contribution in [0.4, 0.5) is 0 Å². The lowest BCUT2D eigenvalue weighted by Gasteiger charge is -2.42. The maximum atomic E-state index is 13.0. The molecule has 0 aromatic heterocycles. The first-order chi connectivity index (χ1) is 10.2. The molecule has 2 saturated heterocycles. The molecule has 0 unspecified atom stereocenters. The molecule has 2 aliphatic heterocycles. The molecule has 21 heavy (non-hydrogen) atoms. The van der Waals surface area contributed by atoms with Crippen molar-refractivity contribution in [3.63, 3.8) is 0 Å². The van der Waals surface area contributed by atoms with Crippen LogP contribution in [0.3, 0.4) is 0 Å². The van der Waals surface area contributed by atoms with Crippen molar-refractivity contribution in [1.29, 1.82) is 0 Å². The Morgan fingerprint density at radius 3 is 2.57 bits per heavy atom. The van der Waals surface area contributed by atoms with E-state index in [2.05, 4.69) is 17.1 Å². The van der Waals surface area contributed by atoms with Crippen molar-refractivity contribution in [2.24, 2.45) is 5.41 Å². The number of piperidine rings is 2. The van der Waals surface area contributed by atoms with Gasteiger partial charge in [0, 0.05) is 13.1 Å². The first-order valence-electron chi connectivity index (χ1n) is 8.44. The second-order valence-electron chi connectivity index (χ2n) is 6.37. The Labute approximate surface area is 128 Å². The van der Waals surface area contributed by atoms with Crippen LogP contribution < -0.4 is 5.32 Å². The molecule has 5 nitrogen and oxygen atoms in total. The topological polar surface area (TPSA) is 61.8 Å². The summed E-state index contributed by atoms with van der Waals surface area (Å²) < 4.78 is 5.58. The van der Waals surface area contributed by atoms with E-state index in [0.29, 0.717) is 12.5 Å². The van der Waals surface area contributed by atoms with Crippen LogP contribution in [-0.4, -0.2) is 61.4 Å². The van der Waals surface area contributed by atoms with E-state index >= 15 is 0 Å². The van der Waals surface area contributed by atoms with Crippen molar-refractivity contribution in [1.82, 2.24) is 10.2 Å². The lowest BCUT2D eigenvalue weighted by Crippen LogP contribution is -2.52. The van der Waals surface area contributed by atoms with E-state index in [4.69, 9.17) is 9.84 Å². The third-order valence-electron chi connectivity index (χ3n) is 4.92. The molecular formula is C16H30N2O3. The van der Waals surface area contributed by atoms with Gasteiger partial charge in [0.15, 0.2) is 0 Å². The number of likely N-dealkylation sites (tertiary alicyclic amines) is 1. The summed E-state index contributed by atoms with van der Waals surface area (Å²) in [6.45, 7) is 6.17. The molecule has 0 aliphatic carbocycles. The van der Waals surface area contributed by atoms with Gasteiger partial charge in [-0.2, -0.15) is 0 Å². The van der Waals surface area contributed by atoms with E-state index in [9.17, 15) is 4.79 Å². The molecule has 5 heteroatoms. The minimum Gasteiger partial charge on any atom is -0.394 e. The fraction of sp³-hybridized carbons (Fsp3) is 0.938. The van der Waals surface area contributed by atoms with Crippen molar-refractivity contribution >= 4 is 5.91 Å². The lowest BCUT2D eigenvalue weighted by atomic mass is 9.74. The summed E-state index contributed by atoms with van der Waals surface area (Å²) in [5.41, 5.74) is -0.126. The number of hydrogen-bond acceptors (Lipinski definition) is 4. The average molecular weight is 298 g/mol. The number of nitrogens with zero attached hydrogens (tertiary/aromatic N) is 1. The van der Waals surface area contributed by atoms with Crippen LogP contribution in [0.25, 0.3) is 0 Å². The number of ether oxygens (including phenoxy) is 1. The highest BCUT2D eigenvalue weighted by Gasteiger charge is 2.41. The highest BCUT2D eigenvalue weighted by molar-refractivity contribution is 5.83. The standard InChI is InChI=1S/C16H30N2O3/c1-2-5-16(6-8-17-9-7-16)15(20)18-10-3-14(4-11-18)21-13-12-19/h14,17,19H,2-13H2,1H3. The van der Waals surface area contributed by atoms with Gasteiger partial charge in [-0.1, -0.05) is 13.3 Å². The summed E-state index contributed by atoms with van der Waals surface area (Å²) >= 11 is 0.